The van der Waals surface area contributed by atoms with E-state index in [1.165, 1.54) is 43.5 Å². The highest BCUT2D eigenvalue weighted by Gasteiger charge is 2.15. The third-order valence-electron chi connectivity index (χ3n) is 3.38. The zero-order chi connectivity index (χ0) is 18.4. The van der Waals surface area contributed by atoms with Gasteiger partial charge >= 0.3 is 0 Å². The molecular weight excluding hydrogens is 347 g/mol. The Balaban J connectivity index is 2.14. The lowest BCUT2D eigenvalue weighted by Gasteiger charge is -2.07. The van der Waals surface area contributed by atoms with Crippen molar-refractivity contribution in [3.8, 4) is 6.07 Å². The molecule has 2 aromatic carbocycles. The van der Waals surface area contributed by atoms with Gasteiger partial charge in [-0.1, -0.05) is 0 Å². The number of rotatable bonds is 6. The fraction of sp³-hybridized carbons (Fsp3) is 0.176. The molecule has 0 fully saturated rings. The summed E-state index contributed by atoms with van der Waals surface area (Å²) in [5.74, 6) is -1.33. The van der Waals surface area contributed by atoms with E-state index in [0.717, 1.165) is 6.07 Å². The van der Waals surface area contributed by atoms with Crippen molar-refractivity contribution in [2.45, 2.75) is 4.90 Å². The van der Waals surface area contributed by atoms with E-state index in [9.17, 15) is 17.6 Å². The number of amides is 1. The number of halogens is 1. The summed E-state index contributed by atoms with van der Waals surface area (Å²) >= 11 is 0. The van der Waals surface area contributed by atoms with Crippen molar-refractivity contribution >= 4 is 21.4 Å². The molecular formula is C17H15FN2O4S. The highest BCUT2D eigenvalue weighted by molar-refractivity contribution is 7.91. The number of nitrogens with zero attached hydrogens (tertiary/aromatic N) is 1. The summed E-state index contributed by atoms with van der Waals surface area (Å²) in [4.78, 5) is 12.3. The molecule has 0 atom stereocenters. The largest absolute Gasteiger partial charge is 0.384 e. The molecule has 0 heterocycles. The van der Waals surface area contributed by atoms with Crippen molar-refractivity contribution in [3.63, 3.8) is 0 Å². The van der Waals surface area contributed by atoms with E-state index in [0.29, 0.717) is 0 Å². The smallest absolute Gasteiger partial charge is 0.255 e. The van der Waals surface area contributed by atoms with Crippen LogP contribution in [0.1, 0.15) is 15.9 Å². The van der Waals surface area contributed by atoms with Gasteiger partial charge < -0.3 is 10.1 Å². The van der Waals surface area contributed by atoms with Crippen LogP contribution in [0.25, 0.3) is 0 Å². The number of nitrogens with one attached hydrogen (secondary N) is 1. The lowest BCUT2D eigenvalue weighted by molar-refractivity contribution is 0.102. The predicted octanol–water partition coefficient (Wildman–Crippen LogP) is 2.37. The first-order chi connectivity index (χ1) is 11.9. The Bertz CT molecular complexity index is 919. The lowest BCUT2D eigenvalue weighted by atomic mass is 10.2. The maximum absolute atomic E-state index is 13.3. The van der Waals surface area contributed by atoms with E-state index >= 15 is 0 Å². The average molecular weight is 362 g/mol. The second-order valence-electron chi connectivity index (χ2n) is 5.10. The summed E-state index contributed by atoms with van der Waals surface area (Å²) in [7, 11) is -2.06. The number of hydrogen-bond donors (Lipinski definition) is 1. The summed E-state index contributed by atoms with van der Waals surface area (Å²) in [6.45, 7) is 0.0797. The molecule has 1 amide bonds. The fourth-order valence-corrected chi connectivity index (χ4v) is 3.19. The van der Waals surface area contributed by atoms with Crippen LogP contribution in [0.15, 0.2) is 47.4 Å². The number of sulfone groups is 1. The van der Waals surface area contributed by atoms with Crippen LogP contribution in [0.4, 0.5) is 10.1 Å². The van der Waals surface area contributed by atoms with Crippen LogP contribution < -0.4 is 5.32 Å². The molecule has 0 aliphatic carbocycles. The minimum absolute atomic E-state index is 0.0797. The first-order valence-corrected chi connectivity index (χ1v) is 8.85. The molecule has 0 aliphatic rings. The molecule has 25 heavy (non-hydrogen) atoms. The number of carbonyl (C=O) groups is 1. The number of ether oxygens (including phenoxy) is 1. The summed E-state index contributed by atoms with van der Waals surface area (Å²) in [6.07, 6.45) is 0. The van der Waals surface area contributed by atoms with E-state index in [1.807, 2.05) is 0 Å². The van der Waals surface area contributed by atoms with Crippen molar-refractivity contribution in [2.75, 3.05) is 24.8 Å². The van der Waals surface area contributed by atoms with Gasteiger partial charge in [-0.3, -0.25) is 4.79 Å². The Hall–Kier alpha value is -2.76. The Morgan fingerprint density at radius 1 is 1.24 bits per heavy atom. The minimum atomic E-state index is -3.47. The van der Waals surface area contributed by atoms with Gasteiger partial charge in [-0.2, -0.15) is 5.26 Å². The van der Waals surface area contributed by atoms with Gasteiger partial charge in [0.05, 0.1) is 22.8 Å². The molecule has 0 unspecified atom stereocenters. The Morgan fingerprint density at radius 2 is 1.92 bits per heavy atom. The van der Waals surface area contributed by atoms with Crippen molar-refractivity contribution in [3.05, 3.63) is 59.4 Å². The highest BCUT2D eigenvalue weighted by atomic mass is 32.2. The van der Waals surface area contributed by atoms with Gasteiger partial charge in [-0.05, 0) is 42.5 Å². The number of benzene rings is 2. The summed E-state index contributed by atoms with van der Waals surface area (Å²) in [5.41, 5.74) is 0.311. The van der Waals surface area contributed by atoms with Crippen molar-refractivity contribution in [1.29, 1.82) is 5.26 Å². The fourth-order valence-electron chi connectivity index (χ4n) is 2.02. The SMILES string of the molecule is COCCS(=O)(=O)c1ccc(C(=O)Nc2ccc(F)c(C#N)c2)cc1. The van der Waals surface area contributed by atoms with Gasteiger partial charge in [0.25, 0.3) is 5.91 Å². The van der Waals surface area contributed by atoms with Crippen LogP contribution in [0.5, 0.6) is 0 Å². The van der Waals surface area contributed by atoms with E-state index < -0.39 is 21.6 Å². The third kappa shape index (κ3) is 4.62. The molecule has 0 radical (unpaired) electrons. The summed E-state index contributed by atoms with van der Waals surface area (Å²) in [5, 5.41) is 11.3. The van der Waals surface area contributed by atoms with Gasteiger partial charge in [0.15, 0.2) is 9.84 Å². The average Bonchev–Trinajstić information content (AvgIpc) is 2.61. The molecule has 130 valence electrons. The molecule has 0 bridgehead atoms. The van der Waals surface area contributed by atoms with Crippen LogP contribution in [0, 0.1) is 17.1 Å². The number of methoxy groups -OCH3 is 1. The molecule has 8 heteroatoms. The van der Waals surface area contributed by atoms with Gasteiger partial charge in [0.1, 0.15) is 11.9 Å². The van der Waals surface area contributed by atoms with Gasteiger partial charge in [-0.15, -0.1) is 0 Å². The van der Waals surface area contributed by atoms with Crippen molar-refractivity contribution < 1.29 is 22.3 Å². The Kier molecular flexibility index (Phi) is 5.85. The van der Waals surface area contributed by atoms with Crippen molar-refractivity contribution in [2.24, 2.45) is 0 Å². The van der Waals surface area contributed by atoms with E-state index in [1.54, 1.807) is 6.07 Å². The van der Waals surface area contributed by atoms with E-state index in [-0.39, 0.29) is 34.1 Å². The Labute approximate surface area is 144 Å². The molecule has 0 aliphatic heterocycles. The van der Waals surface area contributed by atoms with Crippen LogP contribution in [-0.4, -0.2) is 33.8 Å². The first-order valence-electron chi connectivity index (χ1n) is 7.20. The van der Waals surface area contributed by atoms with E-state index in [4.69, 9.17) is 10.00 Å². The van der Waals surface area contributed by atoms with Crippen molar-refractivity contribution in [1.82, 2.24) is 0 Å². The monoisotopic (exact) mass is 362 g/mol. The molecule has 2 rings (SSSR count). The molecule has 1 N–H and O–H groups in total. The van der Waals surface area contributed by atoms with Crippen LogP contribution in [0.3, 0.4) is 0 Å². The maximum atomic E-state index is 13.3. The highest BCUT2D eigenvalue weighted by Crippen LogP contribution is 2.17. The standard InChI is InChI=1S/C17H15FN2O4S/c1-24-8-9-25(22,23)15-5-2-12(3-6-15)17(21)20-14-4-7-16(18)13(10-14)11-19/h2-7,10H,8-9H2,1H3,(H,20,21). The number of hydrogen-bond acceptors (Lipinski definition) is 5. The maximum Gasteiger partial charge on any atom is 0.255 e. The van der Waals surface area contributed by atoms with Crippen LogP contribution in [0.2, 0.25) is 0 Å². The molecule has 0 saturated heterocycles. The molecule has 0 spiro atoms. The lowest BCUT2D eigenvalue weighted by Crippen LogP contribution is -2.14. The zero-order valence-electron chi connectivity index (χ0n) is 13.3. The first kappa shape index (κ1) is 18.6. The molecule has 2 aromatic rings. The van der Waals surface area contributed by atoms with Gasteiger partial charge in [-0.25, -0.2) is 12.8 Å². The molecule has 0 saturated carbocycles. The Morgan fingerprint density at radius 3 is 2.52 bits per heavy atom. The zero-order valence-corrected chi connectivity index (χ0v) is 14.1. The summed E-state index contributed by atoms with van der Waals surface area (Å²) in [6, 6.07) is 10.8. The number of anilines is 1. The van der Waals surface area contributed by atoms with E-state index in [2.05, 4.69) is 5.32 Å². The summed E-state index contributed by atoms with van der Waals surface area (Å²) < 4.78 is 42.1. The minimum Gasteiger partial charge on any atom is -0.384 e. The quantitative estimate of drug-likeness (QED) is 0.851. The predicted molar refractivity (Wildman–Crippen MR) is 89.4 cm³/mol. The topological polar surface area (TPSA) is 96.3 Å². The normalized spacial score (nSPS) is 10.9. The number of carbonyl (C=O) groups excluding carboxylic acids is 1. The molecule has 6 nitrogen and oxygen atoms in total. The van der Waals surface area contributed by atoms with Gasteiger partial charge in [0, 0.05) is 18.4 Å². The second-order valence-corrected chi connectivity index (χ2v) is 7.21. The third-order valence-corrected chi connectivity index (χ3v) is 5.07. The molecule has 0 aromatic heterocycles. The number of nitriles is 1. The van der Waals surface area contributed by atoms with Crippen LogP contribution in [-0.2, 0) is 14.6 Å². The van der Waals surface area contributed by atoms with Crippen LogP contribution >= 0.6 is 0 Å². The second kappa shape index (κ2) is 7.88. The van der Waals surface area contributed by atoms with Gasteiger partial charge in [0.2, 0.25) is 0 Å².